The second kappa shape index (κ2) is 5.52. The molecule has 0 radical (unpaired) electrons. The van der Waals surface area contributed by atoms with Gasteiger partial charge in [-0.25, -0.2) is 0 Å². The van der Waals surface area contributed by atoms with Crippen LogP contribution in [0.4, 0.5) is 0 Å². The molecular weight excluding hydrogens is 285 g/mol. The number of halogens is 2. The molecule has 0 unspecified atom stereocenters. The highest BCUT2D eigenvalue weighted by Gasteiger charge is 2.12. The van der Waals surface area contributed by atoms with Crippen LogP contribution in [0, 0.1) is 18.3 Å². The minimum Gasteiger partial charge on any atom is -0.486 e. The Kier molecular flexibility index (Phi) is 3.98. The van der Waals surface area contributed by atoms with Crippen LogP contribution in [-0.4, -0.2) is 9.78 Å². The molecule has 0 saturated carbocycles. The van der Waals surface area contributed by atoms with Crippen LogP contribution in [-0.2, 0) is 13.7 Å². The van der Waals surface area contributed by atoms with Crippen molar-refractivity contribution < 1.29 is 4.74 Å². The van der Waals surface area contributed by atoms with Crippen LogP contribution in [0.25, 0.3) is 0 Å². The molecule has 2 aromatic rings. The van der Waals surface area contributed by atoms with E-state index in [-0.39, 0.29) is 6.61 Å². The zero-order chi connectivity index (χ0) is 14.0. The zero-order valence-corrected chi connectivity index (χ0v) is 12.0. The van der Waals surface area contributed by atoms with E-state index in [0.717, 1.165) is 11.4 Å². The molecule has 2 rings (SSSR count). The summed E-state index contributed by atoms with van der Waals surface area (Å²) in [6, 6.07) is 6.89. The molecule has 0 bridgehead atoms. The number of aromatic nitrogens is 2. The van der Waals surface area contributed by atoms with Gasteiger partial charge in [0.1, 0.15) is 12.4 Å². The smallest absolute Gasteiger partial charge is 0.138 e. The maximum atomic E-state index is 8.76. The molecule has 0 aliphatic carbocycles. The number of hydrogen-bond acceptors (Lipinski definition) is 3. The summed E-state index contributed by atoms with van der Waals surface area (Å²) in [5, 5.41) is 13.9. The quantitative estimate of drug-likeness (QED) is 0.871. The molecule has 1 aromatic carbocycles. The maximum absolute atomic E-state index is 8.76. The summed E-state index contributed by atoms with van der Waals surface area (Å²) in [5.41, 5.74) is 2.03. The third-order valence-corrected chi connectivity index (χ3v) is 3.47. The van der Waals surface area contributed by atoms with Crippen molar-refractivity contribution in [1.29, 1.82) is 5.26 Å². The van der Waals surface area contributed by atoms with Crippen molar-refractivity contribution in [2.75, 3.05) is 0 Å². The van der Waals surface area contributed by atoms with Crippen molar-refractivity contribution in [3.63, 3.8) is 0 Å². The Bertz CT molecular complexity index is 659. The van der Waals surface area contributed by atoms with Crippen LogP contribution >= 0.6 is 23.2 Å². The van der Waals surface area contributed by atoms with Gasteiger partial charge in [0.05, 0.1) is 33.1 Å². The molecule has 4 nitrogen and oxygen atoms in total. The lowest BCUT2D eigenvalue weighted by atomic mass is 10.2. The lowest BCUT2D eigenvalue weighted by molar-refractivity contribution is 0.295. The SMILES string of the molecule is Cc1nn(C)c(COc2ccc(C#N)cc2Cl)c1Cl. The van der Waals surface area contributed by atoms with E-state index in [1.54, 1.807) is 29.9 Å². The highest BCUT2D eigenvalue weighted by molar-refractivity contribution is 6.32. The first-order valence-electron chi connectivity index (χ1n) is 5.53. The van der Waals surface area contributed by atoms with Crippen LogP contribution < -0.4 is 4.74 Å². The molecule has 0 aliphatic heterocycles. The van der Waals surface area contributed by atoms with Gasteiger partial charge in [0.2, 0.25) is 0 Å². The van der Waals surface area contributed by atoms with Crippen molar-refractivity contribution in [2.45, 2.75) is 13.5 Å². The third-order valence-electron chi connectivity index (χ3n) is 2.69. The normalized spacial score (nSPS) is 10.3. The van der Waals surface area contributed by atoms with Gasteiger partial charge < -0.3 is 4.74 Å². The molecular formula is C13H11Cl2N3O. The first-order valence-corrected chi connectivity index (χ1v) is 6.29. The van der Waals surface area contributed by atoms with Crippen molar-refractivity contribution in [2.24, 2.45) is 7.05 Å². The summed E-state index contributed by atoms with van der Waals surface area (Å²) in [6.45, 7) is 2.10. The van der Waals surface area contributed by atoms with Crippen LogP contribution in [0.5, 0.6) is 5.75 Å². The summed E-state index contributed by atoms with van der Waals surface area (Å²) in [4.78, 5) is 0. The lowest BCUT2D eigenvalue weighted by Gasteiger charge is -2.08. The monoisotopic (exact) mass is 295 g/mol. The predicted octanol–water partition coefficient (Wildman–Crippen LogP) is 3.49. The molecule has 1 aromatic heterocycles. The van der Waals surface area contributed by atoms with Crippen molar-refractivity contribution in [3.8, 4) is 11.8 Å². The molecule has 0 aliphatic rings. The number of hydrogen-bond donors (Lipinski definition) is 0. The molecule has 0 fully saturated rings. The summed E-state index contributed by atoms with van der Waals surface area (Å²) >= 11 is 12.2. The topological polar surface area (TPSA) is 50.8 Å². The summed E-state index contributed by atoms with van der Waals surface area (Å²) in [6.07, 6.45) is 0. The van der Waals surface area contributed by atoms with E-state index in [2.05, 4.69) is 5.10 Å². The fourth-order valence-corrected chi connectivity index (χ4v) is 2.12. The van der Waals surface area contributed by atoms with Gasteiger partial charge in [0.25, 0.3) is 0 Å². The summed E-state index contributed by atoms with van der Waals surface area (Å²) < 4.78 is 7.29. The summed E-state index contributed by atoms with van der Waals surface area (Å²) in [5.74, 6) is 0.510. The fraction of sp³-hybridized carbons (Fsp3) is 0.231. The number of benzene rings is 1. The average Bonchev–Trinajstić information content (AvgIpc) is 2.62. The van der Waals surface area contributed by atoms with Crippen LogP contribution in [0.1, 0.15) is 17.0 Å². The minimum atomic E-state index is 0.266. The van der Waals surface area contributed by atoms with Gasteiger partial charge in [0, 0.05) is 7.05 Å². The highest BCUT2D eigenvalue weighted by atomic mass is 35.5. The number of nitrogens with zero attached hydrogens (tertiary/aromatic N) is 3. The molecule has 6 heteroatoms. The largest absolute Gasteiger partial charge is 0.486 e. The van der Waals surface area contributed by atoms with Crippen LogP contribution in [0.2, 0.25) is 10.0 Å². The summed E-state index contributed by atoms with van der Waals surface area (Å²) in [7, 11) is 1.80. The Hall–Kier alpha value is -1.70. The van der Waals surface area contributed by atoms with Crippen LogP contribution in [0.3, 0.4) is 0 Å². The second-order valence-corrected chi connectivity index (χ2v) is 4.80. The molecule has 0 amide bonds. The van der Waals surface area contributed by atoms with Gasteiger partial charge in [-0.2, -0.15) is 10.4 Å². The Labute approximate surface area is 121 Å². The van der Waals surface area contributed by atoms with E-state index in [0.29, 0.717) is 21.4 Å². The highest BCUT2D eigenvalue weighted by Crippen LogP contribution is 2.27. The first-order chi connectivity index (χ1) is 9.02. The maximum Gasteiger partial charge on any atom is 0.138 e. The van der Waals surface area contributed by atoms with E-state index in [1.165, 1.54) is 0 Å². The zero-order valence-electron chi connectivity index (χ0n) is 10.4. The molecule has 0 spiro atoms. The van der Waals surface area contributed by atoms with Crippen LogP contribution in [0.15, 0.2) is 18.2 Å². The molecule has 0 atom stereocenters. The van der Waals surface area contributed by atoms with Crippen molar-refractivity contribution >= 4 is 23.2 Å². The van der Waals surface area contributed by atoms with Crippen molar-refractivity contribution in [3.05, 3.63) is 45.2 Å². The number of rotatable bonds is 3. The third kappa shape index (κ3) is 2.83. The Balaban J connectivity index is 2.17. The van der Waals surface area contributed by atoms with E-state index < -0.39 is 0 Å². The average molecular weight is 296 g/mol. The predicted molar refractivity (Wildman–Crippen MR) is 73.5 cm³/mol. The van der Waals surface area contributed by atoms with E-state index in [1.807, 2.05) is 13.0 Å². The number of ether oxygens (including phenoxy) is 1. The minimum absolute atomic E-state index is 0.266. The van der Waals surface area contributed by atoms with Gasteiger partial charge in [0.15, 0.2) is 0 Å². The Morgan fingerprint density at radius 2 is 2.16 bits per heavy atom. The number of aryl methyl sites for hydroxylation is 2. The Morgan fingerprint density at radius 3 is 2.68 bits per heavy atom. The van der Waals surface area contributed by atoms with Gasteiger partial charge in [-0.3, -0.25) is 4.68 Å². The van der Waals surface area contributed by atoms with E-state index >= 15 is 0 Å². The number of nitriles is 1. The first kappa shape index (κ1) is 13.7. The van der Waals surface area contributed by atoms with E-state index in [9.17, 15) is 0 Å². The molecule has 0 N–H and O–H groups in total. The van der Waals surface area contributed by atoms with E-state index in [4.69, 9.17) is 33.2 Å². The van der Waals surface area contributed by atoms with Crippen molar-refractivity contribution in [1.82, 2.24) is 9.78 Å². The Morgan fingerprint density at radius 1 is 1.42 bits per heavy atom. The lowest BCUT2D eigenvalue weighted by Crippen LogP contribution is -2.03. The van der Waals surface area contributed by atoms with Gasteiger partial charge in [-0.05, 0) is 25.1 Å². The van der Waals surface area contributed by atoms with Gasteiger partial charge >= 0.3 is 0 Å². The molecule has 0 saturated heterocycles. The molecule has 19 heavy (non-hydrogen) atoms. The second-order valence-electron chi connectivity index (χ2n) is 4.02. The standard InChI is InChI=1S/C13H11Cl2N3O/c1-8-13(15)11(18(2)17-8)7-19-12-4-3-9(6-16)5-10(12)14/h3-5H,7H2,1-2H3. The van der Waals surface area contributed by atoms with Gasteiger partial charge in [-0.15, -0.1) is 0 Å². The molecule has 98 valence electrons. The van der Waals surface area contributed by atoms with Gasteiger partial charge in [-0.1, -0.05) is 23.2 Å². The molecule has 1 heterocycles. The fourth-order valence-electron chi connectivity index (χ4n) is 1.67.